The second-order valence-electron chi connectivity index (χ2n) is 6.39. The van der Waals surface area contributed by atoms with E-state index in [-0.39, 0.29) is 5.91 Å². The van der Waals surface area contributed by atoms with Gasteiger partial charge in [-0.15, -0.1) is 0 Å². The minimum Gasteiger partial charge on any atom is -0.398 e. The number of rotatable bonds is 5. The summed E-state index contributed by atoms with van der Waals surface area (Å²) in [6.45, 7) is 9.88. The highest BCUT2D eigenvalue weighted by Gasteiger charge is 2.25. The summed E-state index contributed by atoms with van der Waals surface area (Å²) >= 11 is 0. The van der Waals surface area contributed by atoms with Crippen molar-refractivity contribution in [3.63, 3.8) is 0 Å². The fraction of sp³-hybridized carbons (Fsp3) is 0.588. The van der Waals surface area contributed by atoms with Gasteiger partial charge in [0, 0.05) is 30.9 Å². The highest BCUT2D eigenvalue weighted by Crippen LogP contribution is 2.23. The van der Waals surface area contributed by atoms with Crippen molar-refractivity contribution in [1.29, 1.82) is 0 Å². The normalized spacial score (nSPS) is 22.4. The number of carbonyl (C=O) groups excluding carboxylic acids is 1. The SMILES string of the molecule is Cc1c(N)cccc1NC(=O)CCCN1CC(C)C(C)C1. The van der Waals surface area contributed by atoms with E-state index in [2.05, 4.69) is 24.1 Å². The predicted molar refractivity (Wildman–Crippen MR) is 88.2 cm³/mol. The molecule has 0 aliphatic carbocycles. The maximum absolute atomic E-state index is 12.0. The molecule has 2 rings (SSSR count). The molecule has 116 valence electrons. The molecular weight excluding hydrogens is 262 g/mol. The van der Waals surface area contributed by atoms with Gasteiger partial charge in [-0.1, -0.05) is 19.9 Å². The van der Waals surface area contributed by atoms with Crippen molar-refractivity contribution in [2.45, 2.75) is 33.6 Å². The quantitative estimate of drug-likeness (QED) is 0.819. The van der Waals surface area contributed by atoms with Crippen molar-refractivity contribution in [2.75, 3.05) is 30.7 Å². The van der Waals surface area contributed by atoms with Gasteiger partial charge in [0.05, 0.1) is 0 Å². The van der Waals surface area contributed by atoms with Gasteiger partial charge in [-0.2, -0.15) is 0 Å². The lowest BCUT2D eigenvalue weighted by Gasteiger charge is -2.15. The van der Waals surface area contributed by atoms with Gasteiger partial charge in [0.25, 0.3) is 0 Å². The molecule has 1 amide bonds. The van der Waals surface area contributed by atoms with Crippen molar-refractivity contribution in [3.05, 3.63) is 23.8 Å². The van der Waals surface area contributed by atoms with E-state index in [0.29, 0.717) is 12.1 Å². The number of hydrogen-bond acceptors (Lipinski definition) is 3. The largest absolute Gasteiger partial charge is 0.398 e. The molecule has 21 heavy (non-hydrogen) atoms. The summed E-state index contributed by atoms with van der Waals surface area (Å²) in [5.74, 6) is 1.62. The number of carbonyl (C=O) groups is 1. The number of nitrogens with two attached hydrogens (primary N) is 1. The highest BCUT2D eigenvalue weighted by molar-refractivity contribution is 5.92. The van der Waals surface area contributed by atoms with Gasteiger partial charge in [-0.05, 0) is 49.4 Å². The standard InChI is InChI=1S/C17H27N3O/c1-12-10-20(11-13(12)2)9-5-8-17(21)19-16-7-4-6-15(18)14(16)3/h4,6-7,12-13H,5,8-11,18H2,1-3H3,(H,19,21). The highest BCUT2D eigenvalue weighted by atomic mass is 16.1. The Bertz CT molecular complexity index is 491. The van der Waals surface area contributed by atoms with Crippen LogP contribution in [0.25, 0.3) is 0 Å². The summed E-state index contributed by atoms with van der Waals surface area (Å²) in [5.41, 5.74) is 8.32. The molecule has 2 atom stereocenters. The van der Waals surface area contributed by atoms with Crippen molar-refractivity contribution >= 4 is 17.3 Å². The topological polar surface area (TPSA) is 58.4 Å². The van der Waals surface area contributed by atoms with E-state index in [9.17, 15) is 4.79 Å². The molecule has 1 saturated heterocycles. The Labute approximate surface area is 127 Å². The van der Waals surface area contributed by atoms with E-state index in [0.717, 1.165) is 49.1 Å². The Hall–Kier alpha value is -1.55. The number of benzene rings is 1. The van der Waals surface area contributed by atoms with Gasteiger partial charge in [0.2, 0.25) is 5.91 Å². The van der Waals surface area contributed by atoms with Crippen LogP contribution in [0.5, 0.6) is 0 Å². The molecular formula is C17H27N3O. The number of nitrogens with one attached hydrogen (secondary N) is 1. The fourth-order valence-electron chi connectivity index (χ4n) is 2.90. The molecule has 0 radical (unpaired) electrons. The van der Waals surface area contributed by atoms with Gasteiger partial charge in [0.15, 0.2) is 0 Å². The molecule has 1 fully saturated rings. The molecule has 1 heterocycles. The number of nitrogen functional groups attached to an aromatic ring is 1. The number of hydrogen-bond donors (Lipinski definition) is 2. The van der Waals surface area contributed by atoms with Gasteiger partial charge in [-0.3, -0.25) is 4.79 Å². The first-order valence-corrected chi connectivity index (χ1v) is 7.84. The molecule has 1 aliphatic heterocycles. The van der Waals surface area contributed by atoms with Crippen molar-refractivity contribution in [1.82, 2.24) is 4.90 Å². The van der Waals surface area contributed by atoms with Crippen molar-refractivity contribution in [2.24, 2.45) is 11.8 Å². The second-order valence-corrected chi connectivity index (χ2v) is 6.39. The number of amides is 1. The van der Waals surface area contributed by atoms with Crippen LogP contribution in [-0.2, 0) is 4.79 Å². The van der Waals surface area contributed by atoms with Crippen LogP contribution in [0.1, 0.15) is 32.3 Å². The van der Waals surface area contributed by atoms with Crippen LogP contribution in [0.2, 0.25) is 0 Å². The minimum atomic E-state index is 0.0731. The molecule has 0 saturated carbocycles. The number of anilines is 2. The van der Waals surface area contributed by atoms with E-state index in [4.69, 9.17) is 5.73 Å². The van der Waals surface area contributed by atoms with Crippen molar-refractivity contribution in [3.8, 4) is 0 Å². The summed E-state index contributed by atoms with van der Waals surface area (Å²) in [4.78, 5) is 14.5. The summed E-state index contributed by atoms with van der Waals surface area (Å²) in [6.07, 6.45) is 1.47. The Balaban J connectivity index is 1.74. The summed E-state index contributed by atoms with van der Waals surface area (Å²) in [7, 11) is 0. The van der Waals surface area contributed by atoms with Crippen molar-refractivity contribution < 1.29 is 4.79 Å². The van der Waals surface area contributed by atoms with E-state index < -0.39 is 0 Å². The minimum absolute atomic E-state index is 0.0731. The van der Waals surface area contributed by atoms with Gasteiger partial charge < -0.3 is 16.0 Å². The molecule has 0 bridgehead atoms. The molecule has 4 nitrogen and oxygen atoms in total. The Morgan fingerprint density at radius 3 is 2.67 bits per heavy atom. The molecule has 0 aromatic heterocycles. The van der Waals surface area contributed by atoms with Gasteiger partial charge in [-0.25, -0.2) is 0 Å². The fourth-order valence-corrected chi connectivity index (χ4v) is 2.90. The summed E-state index contributed by atoms with van der Waals surface area (Å²) < 4.78 is 0. The molecule has 1 aliphatic rings. The first-order valence-electron chi connectivity index (χ1n) is 7.84. The van der Waals surface area contributed by atoms with E-state index in [1.165, 1.54) is 0 Å². The van der Waals surface area contributed by atoms with Gasteiger partial charge >= 0.3 is 0 Å². The zero-order chi connectivity index (χ0) is 15.4. The molecule has 2 unspecified atom stereocenters. The van der Waals surface area contributed by atoms with Crippen LogP contribution in [0.4, 0.5) is 11.4 Å². The Morgan fingerprint density at radius 2 is 2.00 bits per heavy atom. The lowest BCUT2D eigenvalue weighted by atomic mass is 10.0. The molecule has 3 N–H and O–H groups in total. The molecule has 4 heteroatoms. The average molecular weight is 289 g/mol. The van der Waals surface area contributed by atoms with E-state index in [1.807, 2.05) is 25.1 Å². The lowest BCUT2D eigenvalue weighted by molar-refractivity contribution is -0.116. The van der Waals surface area contributed by atoms with Crippen LogP contribution in [0, 0.1) is 18.8 Å². The molecule has 0 spiro atoms. The summed E-state index contributed by atoms with van der Waals surface area (Å²) in [5, 5.41) is 2.96. The average Bonchev–Trinajstić information content (AvgIpc) is 2.74. The smallest absolute Gasteiger partial charge is 0.224 e. The first kappa shape index (κ1) is 15.8. The third-order valence-electron chi connectivity index (χ3n) is 4.59. The molecule has 1 aromatic rings. The van der Waals surface area contributed by atoms with Crippen LogP contribution >= 0.6 is 0 Å². The van der Waals surface area contributed by atoms with Crippen LogP contribution < -0.4 is 11.1 Å². The van der Waals surface area contributed by atoms with Crippen LogP contribution in [0.3, 0.4) is 0 Å². The number of likely N-dealkylation sites (tertiary alicyclic amines) is 1. The van der Waals surface area contributed by atoms with E-state index >= 15 is 0 Å². The Morgan fingerprint density at radius 1 is 1.33 bits per heavy atom. The number of nitrogens with zero attached hydrogens (tertiary/aromatic N) is 1. The third-order valence-corrected chi connectivity index (χ3v) is 4.59. The van der Waals surface area contributed by atoms with Crippen LogP contribution in [-0.4, -0.2) is 30.4 Å². The third kappa shape index (κ3) is 4.21. The van der Waals surface area contributed by atoms with Gasteiger partial charge in [0.1, 0.15) is 0 Å². The van der Waals surface area contributed by atoms with Crippen LogP contribution in [0.15, 0.2) is 18.2 Å². The summed E-state index contributed by atoms with van der Waals surface area (Å²) in [6, 6.07) is 5.61. The zero-order valence-electron chi connectivity index (χ0n) is 13.4. The second kappa shape index (κ2) is 6.94. The lowest BCUT2D eigenvalue weighted by Crippen LogP contribution is -2.23. The van der Waals surface area contributed by atoms with E-state index in [1.54, 1.807) is 0 Å². The monoisotopic (exact) mass is 289 g/mol. The Kier molecular flexibility index (Phi) is 5.23. The predicted octanol–water partition coefficient (Wildman–Crippen LogP) is 2.88. The maximum atomic E-state index is 12.0. The first-order chi connectivity index (χ1) is 9.97. The maximum Gasteiger partial charge on any atom is 0.224 e. The zero-order valence-corrected chi connectivity index (χ0v) is 13.4. The molecule has 1 aromatic carbocycles.